The van der Waals surface area contributed by atoms with Crippen molar-refractivity contribution in [2.75, 3.05) is 33.2 Å². The normalized spacial score (nSPS) is 11.5. The predicted octanol–water partition coefficient (Wildman–Crippen LogP) is 2.58. The molecule has 0 aromatic rings. The Kier molecular flexibility index (Phi) is 7.97. The fraction of sp³-hybridized carbons (Fsp3) is 0.917. The molecule has 0 aliphatic carbocycles. The first-order valence-corrected chi connectivity index (χ1v) is 6.60. The van der Waals surface area contributed by atoms with E-state index in [-0.39, 0.29) is 0 Å². The van der Waals surface area contributed by atoms with Gasteiger partial charge in [-0.2, -0.15) is 0 Å². The number of unbranched alkanes of at least 4 members (excludes halogenated alkanes) is 1. The van der Waals surface area contributed by atoms with E-state index in [1.165, 1.54) is 43.5 Å². The van der Waals surface area contributed by atoms with Crippen molar-refractivity contribution in [3.63, 3.8) is 0 Å². The summed E-state index contributed by atoms with van der Waals surface area (Å²) >= 11 is 5.13. The molecule has 0 atom stereocenters. The minimum atomic E-state index is 0.998. The molecule has 0 spiro atoms. The lowest BCUT2D eigenvalue weighted by Gasteiger charge is -2.35. The van der Waals surface area contributed by atoms with Crippen LogP contribution in [0.2, 0.25) is 0 Å². The molecule has 0 aliphatic heterocycles. The van der Waals surface area contributed by atoms with E-state index in [0.29, 0.717) is 0 Å². The minimum Gasteiger partial charge on any atom is -0.383 e. The maximum absolute atomic E-state index is 5.13. The predicted molar refractivity (Wildman–Crippen MR) is 72.3 cm³/mol. The Morgan fingerprint density at radius 3 is 2.00 bits per heavy atom. The molecule has 1 N–H and O–H groups in total. The molecule has 90 valence electrons. The summed E-state index contributed by atoms with van der Waals surface area (Å²) in [5, 5.41) is 3.03. The second-order valence-corrected chi connectivity index (χ2v) is 4.64. The zero-order valence-electron chi connectivity index (χ0n) is 10.8. The molecule has 15 heavy (non-hydrogen) atoms. The molecule has 2 nitrogen and oxygen atoms in total. The van der Waals surface area contributed by atoms with Crippen molar-refractivity contribution in [3.05, 3.63) is 0 Å². The molecule has 0 saturated carbocycles. The van der Waals surface area contributed by atoms with Gasteiger partial charge in [-0.1, -0.05) is 12.2 Å². The van der Waals surface area contributed by atoms with E-state index in [9.17, 15) is 0 Å². The smallest absolute Gasteiger partial charge is 0.0786 e. The van der Waals surface area contributed by atoms with E-state index in [1.807, 2.05) is 7.05 Å². The first-order chi connectivity index (χ1) is 7.14. The Balaban J connectivity index is 3.76. The van der Waals surface area contributed by atoms with E-state index in [4.69, 9.17) is 12.2 Å². The van der Waals surface area contributed by atoms with Gasteiger partial charge in [0.1, 0.15) is 0 Å². The van der Waals surface area contributed by atoms with Gasteiger partial charge in [-0.25, -0.2) is 0 Å². The molecule has 0 saturated heterocycles. The summed E-state index contributed by atoms with van der Waals surface area (Å²) in [6.45, 7) is 12.0. The van der Waals surface area contributed by atoms with Crippen molar-refractivity contribution in [2.45, 2.75) is 40.0 Å². The van der Waals surface area contributed by atoms with Crippen LogP contribution in [-0.4, -0.2) is 42.7 Å². The van der Waals surface area contributed by atoms with Crippen molar-refractivity contribution in [3.8, 4) is 0 Å². The SMILES string of the molecule is CC[N+](CC)(CC)CCCCC(=S)NC. The van der Waals surface area contributed by atoms with Crippen LogP contribution in [0.15, 0.2) is 0 Å². The maximum Gasteiger partial charge on any atom is 0.0786 e. The fourth-order valence-corrected chi connectivity index (χ4v) is 2.15. The number of hydrogen-bond donors (Lipinski definition) is 1. The largest absolute Gasteiger partial charge is 0.383 e. The summed E-state index contributed by atoms with van der Waals surface area (Å²) in [7, 11) is 1.91. The third-order valence-corrected chi connectivity index (χ3v) is 3.99. The third kappa shape index (κ3) is 5.47. The molecular formula is C12H27N2S+. The lowest BCUT2D eigenvalue weighted by atomic mass is 10.2. The molecule has 0 aromatic carbocycles. The van der Waals surface area contributed by atoms with Crippen molar-refractivity contribution in [1.29, 1.82) is 0 Å². The summed E-state index contributed by atoms with van der Waals surface area (Å²) in [5.74, 6) is 0. The van der Waals surface area contributed by atoms with E-state index in [2.05, 4.69) is 26.1 Å². The van der Waals surface area contributed by atoms with Gasteiger partial charge in [-0.15, -0.1) is 0 Å². The number of nitrogens with one attached hydrogen (secondary N) is 1. The standard InChI is InChI=1S/C12H26N2S/c1-5-14(6-2,7-3)11-9-8-10-12(15)13-4/h5-11H2,1-4H3/p+1. The van der Waals surface area contributed by atoms with E-state index < -0.39 is 0 Å². The summed E-state index contributed by atoms with van der Waals surface area (Å²) in [6, 6.07) is 0. The molecule has 0 fully saturated rings. The van der Waals surface area contributed by atoms with Crippen LogP contribution in [0, 0.1) is 0 Å². The van der Waals surface area contributed by atoms with Gasteiger partial charge in [0.05, 0.1) is 31.2 Å². The van der Waals surface area contributed by atoms with Crippen molar-refractivity contribution >= 4 is 17.2 Å². The van der Waals surface area contributed by atoms with Crippen molar-refractivity contribution in [2.24, 2.45) is 0 Å². The molecule has 0 amide bonds. The molecule has 0 bridgehead atoms. The van der Waals surface area contributed by atoms with E-state index >= 15 is 0 Å². The Morgan fingerprint density at radius 2 is 1.60 bits per heavy atom. The lowest BCUT2D eigenvalue weighted by Crippen LogP contribution is -2.48. The second kappa shape index (κ2) is 8.05. The van der Waals surface area contributed by atoms with Gasteiger partial charge in [-0.3, -0.25) is 0 Å². The van der Waals surface area contributed by atoms with Crippen LogP contribution >= 0.6 is 12.2 Å². The molecule has 0 radical (unpaired) electrons. The highest BCUT2D eigenvalue weighted by atomic mass is 32.1. The van der Waals surface area contributed by atoms with E-state index in [1.54, 1.807) is 0 Å². The maximum atomic E-state index is 5.13. The minimum absolute atomic E-state index is 0.998. The van der Waals surface area contributed by atoms with Gasteiger partial charge in [0.25, 0.3) is 0 Å². The first-order valence-electron chi connectivity index (χ1n) is 6.19. The van der Waals surface area contributed by atoms with Gasteiger partial charge in [0, 0.05) is 7.05 Å². The quantitative estimate of drug-likeness (QED) is 0.391. The lowest BCUT2D eigenvalue weighted by molar-refractivity contribution is -0.923. The van der Waals surface area contributed by atoms with Gasteiger partial charge in [0.2, 0.25) is 0 Å². The number of thiocarbonyl (C=S) groups is 1. The summed E-state index contributed by atoms with van der Waals surface area (Å²) in [6.07, 6.45) is 3.56. The second-order valence-electron chi connectivity index (χ2n) is 4.14. The van der Waals surface area contributed by atoms with Gasteiger partial charge in [-0.05, 0) is 40.0 Å². The molecule has 0 heterocycles. The Morgan fingerprint density at radius 1 is 1.07 bits per heavy atom. The Labute approximate surface area is 101 Å². The number of quaternary nitrogens is 1. The molecule has 0 rings (SSSR count). The molecule has 0 unspecified atom stereocenters. The van der Waals surface area contributed by atoms with Crippen molar-refractivity contribution in [1.82, 2.24) is 5.32 Å². The number of hydrogen-bond acceptors (Lipinski definition) is 1. The van der Waals surface area contributed by atoms with Gasteiger partial charge >= 0.3 is 0 Å². The van der Waals surface area contributed by atoms with Crippen LogP contribution in [-0.2, 0) is 0 Å². The molecule has 0 aromatic heterocycles. The van der Waals surface area contributed by atoms with Gasteiger partial charge in [0.15, 0.2) is 0 Å². The zero-order valence-corrected chi connectivity index (χ0v) is 11.6. The average Bonchev–Trinajstić information content (AvgIpc) is 2.30. The highest BCUT2D eigenvalue weighted by Crippen LogP contribution is 2.09. The molecule has 3 heteroatoms. The zero-order chi connectivity index (χ0) is 11.7. The van der Waals surface area contributed by atoms with Crippen molar-refractivity contribution < 1.29 is 4.48 Å². The monoisotopic (exact) mass is 231 g/mol. The summed E-state index contributed by atoms with van der Waals surface area (Å²) in [4.78, 5) is 0.998. The Bertz CT molecular complexity index is 168. The van der Waals surface area contributed by atoms with Crippen LogP contribution in [0.3, 0.4) is 0 Å². The number of rotatable bonds is 8. The number of nitrogens with zero attached hydrogens (tertiary/aromatic N) is 1. The van der Waals surface area contributed by atoms with Crippen LogP contribution in [0.4, 0.5) is 0 Å². The fourth-order valence-electron chi connectivity index (χ4n) is 2.00. The topological polar surface area (TPSA) is 12.0 Å². The highest BCUT2D eigenvalue weighted by Gasteiger charge is 2.19. The molecular weight excluding hydrogens is 204 g/mol. The van der Waals surface area contributed by atoms with Crippen LogP contribution in [0.5, 0.6) is 0 Å². The Hall–Kier alpha value is -0.150. The average molecular weight is 231 g/mol. The van der Waals surface area contributed by atoms with Crippen LogP contribution in [0.25, 0.3) is 0 Å². The third-order valence-electron chi connectivity index (χ3n) is 3.58. The van der Waals surface area contributed by atoms with E-state index in [0.717, 1.165) is 11.4 Å². The highest BCUT2D eigenvalue weighted by molar-refractivity contribution is 7.80. The van der Waals surface area contributed by atoms with Crippen LogP contribution < -0.4 is 5.32 Å². The molecule has 0 aliphatic rings. The summed E-state index contributed by atoms with van der Waals surface area (Å²) < 4.78 is 1.26. The van der Waals surface area contributed by atoms with Gasteiger partial charge < -0.3 is 9.80 Å². The summed E-state index contributed by atoms with van der Waals surface area (Å²) in [5.41, 5.74) is 0. The first kappa shape index (κ1) is 14.8. The van der Waals surface area contributed by atoms with Crippen LogP contribution in [0.1, 0.15) is 40.0 Å².